The summed E-state index contributed by atoms with van der Waals surface area (Å²) >= 11 is 0. The summed E-state index contributed by atoms with van der Waals surface area (Å²) in [5.41, 5.74) is 1.88. The van der Waals surface area contributed by atoms with Gasteiger partial charge in [0.2, 0.25) is 11.7 Å². The van der Waals surface area contributed by atoms with Gasteiger partial charge >= 0.3 is 0 Å². The summed E-state index contributed by atoms with van der Waals surface area (Å²) in [5.74, 6) is 1.19. The van der Waals surface area contributed by atoms with E-state index in [4.69, 9.17) is 4.74 Å². The van der Waals surface area contributed by atoms with Gasteiger partial charge in [0.25, 0.3) is 5.91 Å². The molecule has 4 rings (SSSR count). The predicted molar refractivity (Wildman–Crippen MR) is 124 cm³/mol. The Morgan fingerprint density at radius 3 is 2.67 bits per heavy atom. The van der Waals surface area contributed by atoms with Gasteiger partial charge in [0.05, 0.1) is 7.11 Å². The first-order valence-corrected chi connectivity index (χ1v) is 11.1. The number of nitrogens with one attached hydrogen (secondary N) is 2. The van der Waals surface area contributed by atoms with Crippen LogP contribution < -0.4 is 15.4 Å². The van der Waals surface area contributed by atoms with Crippen LogP contribution in [0.5, 0.6) is 5.75 Å². The molecule has 172 valence electrons. The fraction of sp³-hybridized carbons (Fsp3) is 0.375. The number of hydrogen-bond acceptors (Lipinski definition) is 6. The van der Waals surface area contributed by atoms with Crippen molar-refractivity contribution in [1.82, 2.24) is 25.5 Å². The maximum Gasteiger partial charge on any atom is 0.255 e. The van der Waals surface area contributed by atoms with E-state index in [9.17, 15) is 9.59 Å². The first-order chi connectivity index (χ1) is 16.0. The molecule has 1 saturated carbocycles. The molecule has 0 radical (unpaired) electrons. The van der Waals surface area contributed by atoms with Crippen LogP contribution in [0.25, 0.3) is 11.4 Å². The lowest BCUT2D eigenvalue weighted by atomic mass is 9.86. The van der Waals surface area contributed by atoms with Gasteiger partial charge in [-0.05, 0) is 66.4 Å². The second kappa shape index (κ2) is 10.2. The normalized spacial score (nSPS) is 17.9. The zero-order valence-electron chi connectivity index (χ0n) is 18.8. The van der Waals surface area contributed by atoms with E-state index in [0.29, 0.717) is 28.7 Å². The summed E-state index contributed by atoms with van der Waals surface area (Å²) in [6, 6.07) is 14.3. The molecule has 1 heterocycles. The zero-order valence-corrected chi connectivity index (χ0v) is 18.8. The molecule has 2 amide bonds. The molecule has 0 spiro atoms. The fourth-order valence-corrected chi connectivity index (χ4v) is 4.01. The molecule has 33 heavy (non-hydrogen) atoms. The average Bonchev–Trinajstić information content (AvgIpc) is 3.29. The number of methoxy groups -OCH3 is 1. The van der Waals surface area contributed by atoms with Crippen LogP contribution in [0.4, 0.5) is 5.69 Å². The molecule has 1 aliphatic rings. The third-order valence-electron chi connectivity index (χ3n) is 5.93. The summed E-state index contributed by atoms with van der Waals surface area (Å²) in [4.78, 5) is 26.2. The minimum absolute atomic E-state index is 0.0326. The van der Waals surface area contributed by atoms with E-state index in [2.05, 4.69) is 33.0 Å². The topological polar surface area (TPSA) is 111 Å². The molecule has 1 aromatic heterocycles. The number of amides is 2. The second-order valence-electron chi connectivity index (χ2n) is 8.34. The van der Waals surface area contributed by atoms with Gasteiger partial charge in [-0.1, -0.05) is 25.8 Å². The van der Waals surface area contributed by atoms with E-state index >= 15 is 0 Å². The van der Waals surface area contributed by atoms with Crippen molar-refractivity contribution < 1.29 is 14.3 Å². The van der Waals surface area contributed by atoms with Crippen molar-refractivity contribution in [3.63, 3.8) is 0 Å². The lowest BCUT2D eigenvalue weighted by molar-refractivity contribution is -0.123. The lowest BCUT2D eigenvalue weighted by Crippen LogP contribution is -2.42. The van der Waals surface area contributed by atoms with E-state index < -0.39 is 0 Å². The number of benzene rings is 2. The van der Waals surface area contributed by atoms with Crippen LogP contribution >= 0.6 is 0 Å². The Labute approximate surface area is 192 Å². The van der Waals surface area contributed by atoms with Crippen LogP contribution in [-0.4, -0.2) is 45.2 Å². The Hall–Kier alpha value is -3.75. The van der Waals surface area contributed by atoms with Crippen molar-refractivity contribution in [1.29, 1.82) is 0 Å². The Kier molecular flexibility index (Phi) is 6.97. The Bertz CT molecular complexity index is 1110. The molecule has 9 nitrogen and oxygen atoms in total. The largest absolute Gasteiger partial charge is 0.497 e. The van der Waals surface area contributed by atoms with Gasteiger partial charge in [-0.3, -0.25) is 9.59 Å². The third-order valence-corrected chi connectivity index (χ3v) is 5.93. The van der Waals surface area contributed by atoms with Crippen LogP contribution in [0.3, 0.4) is 0 Å². The van der Waals surface area contributed by atoms with Crippen molar-refractivity contribution >= 4 is 17.5 Å². The standard InChI is InChI=1S/C24H28N6O3/c1-16-6-3-4-9-21(16)26-22(31)15-30-28-23(27-29-30)17-10-12-19(13-11-17)25-24(32)18-7-5-8-20(14-18)33-2/h5,7-8,10-14,16,21H,3-4,6,9,15H2,1-2H3,(H,25,32)(H,26,31)/t16-,21+/m1/s1. The third kappa shape index (κ3) is 5.74. The summed E-state index contributed by atoms with van der Waals surface area (Å²) < 4.78 is 5.16. The van der Waals surface area contributed by atoms with Crippen LogP contribution in [0.2, 0.25) is 0 Å². The Balaban J connectivity index is 1.34. The van der Waals surface area contributed by atoms with Crippen molar-refractivity contribution in [3.8, 4) is 17.1 Å². The summed E-state index contributed by atoms with van der Waals surface area (Å²) in [6.45, 7) is 2.21. The Morgan fingerprint density at radius 2 is 1.91 bits per heavy atom. The minimum Gasteiger partial charge on any atom is -0.497 e. The predicted octanol–water partition coefficient (Wildman–Crippen LogP) is 3.30. The van der Waals surface area contributed by atoms with Gasteiger partial charge in [0.1, 0.15) is 12.3 Å². The molecule has 9 heteroatoms. The SMILES string of the molecule is COc1cccc(C(=O)Nc2ccc(-c3nnn(CC(=O)N[C@H]4CCCC[C@H]4C)n3)cc2)c1. The number of ether oxygens (including phenoxy) is 1. The first-order valence-electron chi connectivity index (χ1n) is 11.1. The number of rotatable bonds is 7. The van der Waals surface area contributed by atoms with Crippen molar-refractivity contribution in [2.75, 3.05) is 12.4 Å². The summed E-state index contributed by atoms with van der Waals surface area (Å²) in [7, 11) is 1.56. The van der Waals surface area contributed by atoms with Gasteiger partial charge in [-0.25, -0.2) is 0 Å². The van der Waals surface area contributed by atoms with E-state index in [1.54, 1.807) is 55.6 Å². The van der Waals surface area contributed by atoms with Gasteiger partial charge in [-0.2, -0.15) is 4.80 Å². The summed E-state index contributed by atoms with van der Waals surface area (Å²) in [5, 5.41) is 18.3. The molecule has 1 fully saturated rings. The van der Waals surface area contributed by atoms with Crippen LogP contribution in [0, 0.1) is 5.92 Å². The number of tetrazole rings is 1. The van der Waals surface area contributed by atoms with E-state index in [1.165, 1.54) is 11.2 Å². The van der Waals surface area contributed by atoms with Crippen LogP contribution in [-0.2, 0) is 11.3 Å². The van der Waals surface area contributed by atoms with E-state index in [0.717, 1.165) is 24.8 Å². The fourth-order valence-electron chi connectivity index (χ4n) is 4.01. The van der Waals surface area contributed by atoms with Gasteiger partial charge in [-0.15, -0.1) is 10.2 Å². The maximum atomic E-state index is 12.5. The number of carbonyl (C=O) groups excluding carboxylic acids is 2. The first kappa shape index (κ1) is 22.4. The van der Waals surface area contributed by atoms with Gasteiger partial charge in [0.15, 0.2) is 0 Å². The summed E-state index contributed by atoms with van der Waals surface area (Å²) in [6.07, 6.45) is 4.54. The molecule has 1 aliphatic carbocycles. The molecule has 3 aromatic rings. The van der Waals surface area contributed by atoms with Gasteiger partial charge in [0, 0.05) is 22.9 Å². The molecule has 0 bridgehead atoms. The van der Waals surface area contributed by atoms with Crippen LogP contribution in [0.1, 0.15) is 43.0 Å². The molecule has 2 N–H and O–H groups in total. The number of aromatic nitrogens is 4. The quantitative estimate of drug-likeness (QED) is 0.574. The highest BCUT2D eigenvalue weighted by Gasteiger charge is 2.23. The van der Waals surface area contributed by atoms with E-state index in [1.807, 2.05) is 0 Å². The highest BCUT2D eigenvalue weighted by atomic mass is 16.5. The van der Waals surface area contributed by atoms with Crippen molar-refractivity contribution in [2.45, 2.75) is 45.2 Å². The monoisotopic (exact) mass is 448 g/mol. The molecular formula is C24H28N6O3. The molecule has 2 aromatic carbocycles. The highest BCUT2D eigenvalue weighted by Crippen LogP contribution is 2.23. The second-order valence-corrected chi connectivity index (χ2v) is 8.34. The molecule has 0 unspecified atom stereocenters. The number of hydrogen-bond donors (Lipinski definition) is 2. The molecular weight excluding hydrogens is 420 g/mol. The number of anilines is 1. The van der Waals surface area contributed by atoms with Crippen molar-refractivity contribution in [3.05, 3.63) is 54.1 Å². The number of nitrogens with zero attached hydrogens (tertiary/aromatic N) is 4. The van der Waals surface area contributed by atoms with Crippen molar-refractivity contribution in [2.24, 2.45) is 5.92 Å². The molecule has 2 atom stereocenters. The van der Waals surface area contributed by atoms with E-state index in [-0.39, 0.29) is 24.4 Å². The van der Waals surface area contributed by atoms with Gasteiger partial charge < -0.3 is 15.4 Å². The molecule has 0 aliphatic heterocycles. The maximum absolute atomic E-state index is 12.5. The highest BCUT2D eigenvalue weighted by molar-refractivity contribution is 6.04. The smallest absolute Gasteiger partial charge is 0.255 e. The minimum atomic E-state index is -0.232. The zero-order chi connectivity index (χ0) is 23.2. The molecule has 0 saturated heterocycles. The Morgan fingerprint density at radius 1 is 1.12 bits per heavy atom. The van der Waals surface area contributed by atoms with Crippen LogP contribution in [0.15, 0.2) is 48.5 Å². The lowest BCUT2D eigenvalue weighted by Gasteiger charge is -2.29. The number of carbonyl (C=O) groups is 2. The average molecular weight is 449 g/mol.